The number of hydrogen-bond acceptors (Lipinski definition) is 5. The summed E-state index contributed by atoms with van der Waals surface area (Å²) in [6.07, 6.45) is 4.40. The Morgan fingerprint density at radius 1 is 1.16 bits per heavy atom. The Morgan fingerprint density at radius 2 is 2.00 bits per heavy atom. The normalized spacial score (nSPS) is 10.5. The van der Waals surface area contributed by atoms with Crippen LogP contribution in [-0.2, 0) is 11.2 Å². The number of aromatic nitrogens is 2. The third-order valence-corrected chi connectivity index (χ3v) is 2.69. The lowest BCUT2D eigenvalue weighted by atomic mass is 10.2. The van der Waals surface area contributed by atoms with Crippen LogP contribution in [0.3, 0.4) is 0 Å². The van der Waals surface area contributed by atoms with E-state index in [0.717, 1.165) is 31.0 Å². The summed E-state index contributed by atoms with van der Waals surface area (Å²) < 4.78 is 10.5. The molecule has 1 aromatic heterocycles. The molecule has 0 fully saturated rings. The Balaban J connectivity index is 2.55. The molecule has 0 aromatic carbocycles. The van der Waals surface area contributed by atoms with Gasteiger partial charge in [0.25, 0.3) is 0 Å². The average Bonchev–Trinajstić information content (AvgIpc) is 2.44. The van der Waals surface area contributed by atoms with Gasteiger partial charge in [-0.15, -0.1) is 0 Å². The molecule has 0 unspecified atom stereocenters. The number of ether oxygens (including phenoxy) is 2. The van der Waals surface area contributed by atoms with Gasteiger partial charge < -0.3 is 14.8 Å². The Labute approximate surface area is 115 Å². The Hall–Kier alpha value is -1.36. The fraction of sp³-hybridized carbons (Fsp3) is 0.714. The Kier molecular flexibility index (Phi) is 7.89. The lowest BCUT2D eigenvalue weighted by Crippen LogP contribution is -2.09. The van der Waals surface area contributed by atoms with Gasteiger partial charge in [0.1, 0.15) is 18.2 Å². The van der Waals surface area contributed by atoms with Gasteiger partial charge in [0.2, 0.25) is 5.88 Å². The molecule has 5 nitrogen and oxygen atoms in total. The van der Waals surface area contributed by atoms with Crippen LogP contribution in [0.2, 0.25) is 0 Å². The standard InChI is InChI=1S/C14H25N3O2/c1-4-6-7-8-15-13-11-14(19-10-9-18-3)17-12(5-2)16-13/h11H,4-10H2,1-3H3,(H,15,16,17). The van der Waals surface area contributed by atoms with Crippen LogP contribution in [0, 0.1) is 0 Å². The molecule has 0 amide bonds. The van der Waals surface area contributed by atoms with Gasteiger partial charge in [-0.3, -0.25) is 0 Å². The minimum Gasteiger partial charge on any atom is -0.475 e. The van der Waals surface area contributed by atoms with Gasteiger partial charge in [-0.1, -0.05) is 26.7 Å². The largest absolute Gasteiger partial charge is 0.475 e. The predicted molar refractivity (Wildman–Crippen MR) is 76.8 cm³/mol. The highest BCUT2D eigenvalue weighted by Gasteiger charge is 2.04. The number of unbranched alkanes of at least 4 members (excludes halogenated alkanes) is 2. The SMILES string of the molecule is CCCCCNc1cc(OCCOC)nc(CC)n1. The molecule has 1 rings (SSSR count). The maximum atomic E-state index is 5.54. The molecule has 1 aromatic rings. The van der Waals surface area contributed by atoms with Crippen molar-refractivity contribution in [1.82, 2.24) is 9.97 Å². The summed E-state index contributed by atoms with van der Waals surface area (Å²) in [4.78, 5) is 8.78. The number of hydrogen-bond donors (Lipinski definition) is 1. The number of nitrogens with zero attached hydrogens (tertiary/aromatic N) is 2. The highest BCUT2D eigenvalue weighted by Crippen LogP contribution is 2.14. The van der Waals surface area contributed by atoms with E-state index < -0.39 is 0 Å². The fourth-order valence-corrected chi connectivity index (χ4v) is 1.62. The van der Waals surface area contributed by atoms with Crippen LogP contribution in [-0.4, -0.2) is 36.8 Å². The molecular weight excluding hydrogens is 242 g/mol. The van der Waals surface area contributed by atoms with E-state index in [4.69, 9.17) is 9.47 Å². The molecule has 0 saturated heterocycles. The van der Waals surface area contributed by atoms with Crippen molar-refractivity contribution in [3.8, 4) is 5.88 Å². The lowest BCUT2D eigenvalue weighted by Gasteiger charge is -2.10. The summed E-state index contributed by atoms with van der Waals surface area (Å²) in [5, 5.41) is 3.32. The summed E-state index contributed by atoms with van der Waals surface area (Å²) in [5.41, 5.74) is 0. The maximum Gasteiger partial charge on any atom is 0.218 e. The second kappa shape index (κ2) is 9.55. The summed E-state index contributed by atoms with van der Waals surface area (Å²) in [7, 11) is 1.65. The molecule has 0 aliphatic rings. The van der Waals surface area contributed by atoms with Crippen molar-refractivity contribution < 1.29 is 9.47 Å². The summed E-state index contributed by atoms with van der Waals surface area (Å²) >= 11 is 0. The van der Waals surface area contributed by atoms with E-state index in [0.29, 0.717) is 19.1 Å². The molecule has 0 aliphatic carbocycles. The van der Waals surface area contributed by atoms with Gasteiger partial charge in [-0.25, -0.2) is 4.98 Å². The third kappa shape index (κ3) is 6.38. The zero-order valence-corrected chi connectivity index (χ0v) is 12.2. The molecule has 0 aliphatic heterocycles. The molecule has 0 spiro atoms. The molecule has 0 atom stereocenters. The van der Waals surface area contributed by atoms with Crippen molar-refractivity contribution in [3.05, 3.63) is 11.9 Å². The smallest absolute Gasteiger partial charge is 0.218 e. The second-order valence-corrected chi connectivity index (χ2v) is 4.34. The van der Waals surface area contributed by atoms with Crippen molar-refractivity contribution in [3.63, 3.8) is 0 Å². The molecule has 0 bridgehead atoms. The van der Waals surface area contributed by atoms with Crippen LogP contribution in [0.25, 0.3) is 0 Å². The average molecular weight is 267 g/mol. The van der Waals surface area contributed by atoms with Crippen LogP contribution in [0.5, 0.6) is 5.88 Å². The van der Waals surface area contributed by atoms with E-state index in [1.54, 1.807) is 7.11 Å². The van der Waals surface area contributed by atoms with E-state index in [9.17, 15) is 0 Å². The van der Waals surface area contributed by atoms with Gasteiger partial charge in [-0.05, 0) is 6.42 Å². The molecule has 0 saturated carbocycles. The molecular formula is C14H25N3O2. The zero-order valence-electron chi connectivity index (χ0n) is 12.2. The summed E-state index contributed by atoms with van der Waals surface area (Å²) in [6, 6.07) is 1.85. The number of aryl methyl sites for hydroxylation is 1. The van der Waals surface area contributed by atoms with Crippen LogP contribution < -0.4 is 10.1 Å². The third-order valence-electron chi connectivity index (χ3n) is 2.69. The molecule has 0 radical (unpaired) electrons. The van der Waals surface area contributed by atoms with Gasteiger partial charge >= 0.3 is 0 Å². The van der Waals surface area contributed by atoms with Crippen LogP contribution in [0.15, 0.2) is 6.07 Å². The molecule has 5 heteroatoms. The van der Waals surface area contributed by atoms with Crippen LogP contribution in [0.1, 0.15) is 38.9 Å². The molecule has 19 heavy (non-hydrogen) atoms. The van der Waals surface area contributed by atoms with Crippen molar-refractivity contribution in [1.29, 1.82) is 0 Å². The van der Waals surface area contributed by atoms with E-state index >= 15 is 0 Å². The van der Waals surface area contributed by atoms with E-state index in [1.165, 1.54) is 12.8 Å². The van der Waals surface area contributed by atoms with E-state index in [-0.39, 0.29) is 0 Å². The van der Waals surface area contributed by atoms with Crippen LogP contribution >= 0.6 is 0 Å². The first kappa shape index (κ1) is 15.7. The number of nitrogens with one attached hydrogen (secondary N) is 1. The minimum absolute atomic E-state index is 0.506. The van der Waals surface area contributed by atoms with Gasteiger partial charge in [0.05, 0.1) is 6.61 Å². The van der Waals surface area contributed by atoms with E-state index in [2.05, 4.69) is 22.2 Å². The van der Waals surface area contributed by atoms with Crippen molar-refractivity contribution >= 4 is 5.82 Å². The van der Waals surface area contributed by atoms with Crippen molar-refractivity contribution in [2.24, 2.45) is 0 Å². The highest BCUT2D eigenvalue weighted by molar-refractivity contribution is 5.38. The quantitative estimate of drug-likeness (QED) is 0.660. The van der Waals surface area contributed by atoms with Crippen molar-refractivity contribution in [2.75, 3.05) is 32.2 Å². The Morgan fingerprint density at radius 3 is 2.68 bits per heavy atom. The predicted octanol–water partition coefficient (Wildman–Crippen LogP) is 2.67. The van der Waals surface area contributed by atoms with Crippen molar-refractivity contribution in [2.45, 2.75) is 39.5 Å². The molecule has 1 N–H and O–H groups in total. The Bertz CT molecular complexity index is 359. The number of rotatable bonds is 10. The summed E-state index contributed by atoms with van der Waals surface area (Å²) in [5.74, 6) is 2.25. The topological polar surface area (TPSA) is 56.3 Å². The van der Waals surface area contributed by atoms with Gasteiger partial charge in [-0.2, -0.15) is 4.98 Å². The fourth-order valence-electron chi connectivity index (χ4n) is 1.62. The highest BCUT2D eigenvalue weighted by atomic mass is 16.5. The first-order valence-corrected chi connectivity index (χ1v) is 7.03. The lowest BCUT2D eigenvalue weighted by molar-refractivity contribution is 0.143. The molecule has 108 valence electrons. The maximum absolute atomic E-state index is 5.54. The first-order valence-electron chi connectivity index (χ1n) is 7.03. The summed E-state index contributed by atoms with van der Waals surface area (Å²) in [6.45, 7) is 6.24. The number of methoxy groups -OCH3 is 1. The zero-order chi connectivity index (χ0) is 13.9. The first-order chi connectivity index (χ1) is 9.30. The second-order valence-electron chi connectivity index (χ2n) is 4.34. The monoisotopic (exact) mass is 267 g/mol. The molecule has 1 heterocycles. The number of anilines is 1. The van der Waals surface area contributed by atoms with E-state index in [1.807, 2.05) is 13.0 Å². The van der Waals surface area contributed by atoms with Gasteiger partial charge in [0, 0.05) is 26.1 Å². The van der Waals surface area contributed by atoms with Crippen LogP contribution in [0.4, 0.5) is 5.82 Å². The van der Waals surface area contributed by atoms with Gasteiger partial charge in [0.15, 0.2) is 0 Å². The minimum atomic E-state index is 0.506.